The molecule has 0 aliphatic rings. The van der Waals surface area contributed by atoms with Crippen LogP contribution in [0.3, 0.4) is 0 Å². The summed E-state index contributed by atoms with van der Waals surface area (Å²) in [6.45, 7) is 4.20. The standard InChI is InChI=1S/C12H15N3O/c1-9-4-3-7-15-8-11(14-12(9)15)5-6-13-10(2)16/h3-4,7-8H,5-6H2,1-2H3,(H,13,16). The molecule has 0 unspecified atom stereocenters. The molecule has 84 valence electrons. The number of carbonyl (C=O) groups excluding carboxylic acids is 1. The minimum absolute atomic E-state index is 0.0000512. The fraction of sp³-hybridized carbons (Fsp3) is 0.333. The normalized spacial score (nSPS) is 10.6. The highest BCUT2D eigenvalue weighted by Gasteiger charge is 2.03. The summed E-state index contributed by atoms with van der Waals surface area (Å²) in [7, 11) is 0. The van der Waals surface area contributed by atoms with Gasteiger partial charge in [0, 0.05) is 32.3 Å². The van der Waals surface area contributed by atoms with Gasteiger partial charge >= 0.3 is 0 Å². The maximum Gasteiger partial charge on any atom is 0.216 e. The van der Waals surface area contributed by atoms with Crippen molar-refractivity contribution < 1.29 is 4.79 Å². The Balaban J connectivity index is 2.14. The Morgan fingerprint density at radius 3 is 3.06 bits per heavy atom. The van der Waals surface area contributed by atoms with Crippen molar-refractivity contribution in [3.05, 3.63) is 35.8 Å². The van der Waals surface area contributed by atoms with Crippen LogP contribution in [0.4, 0.5) is 0 Å². The van der Waals surface area contributed by atoms with E-state index in [1.165, 1.54) is 6.92 Å². The summed E-state index contributed by atoms with van der Waals surface area (Å²) in [5, 5.41) is 2.76. The molecule has 0 aliphatic heterocycles. The Morgan fingerprint density at radius 2 is 2.38 bits per heavy atom. The molecule has 2 rings (SSSR count). The number of aromatic nitrogens is 2. The molecule has 0 aliphatic carbocycles. The van der Waals surface area contributed by atoms with Gasteiger partial charge in [-0.25, -0.2) is 4.98 Å². The minimum Gasteiger partial charge on any atom is -0.356 e. The number of pyridine rings is 1. The Labute approximate surface area is 94.3 Å². The lowest BCUT2D eigenvalue weighted by Crippen LogP contribution is -2.22. The van der Waals surface area contributed by atoms with Crippen LogP contribution in [0.25, 0.3) is 5.65 Å². The number of carbonyl (C=O) groups is 1. The Morgan fingerprint density at radius 1 is 1.56 bits per heavy atom. The van der Waals surface area contributed by atoms with Gasteiger partial charge in [0.25, 0.3) is 0 Å². The van der Waals surface area contributed by atoms with E-state index >= 15 is 0 Å². The summed E-state index contributed by atoms with van der Waals surface area (Å²) in [4.78, 5) is 15.2. The maximum absolute atomic E-state index is 10.7. The summed E-state index contributed by atoms with van der Waals surface area (Å²) in [5.41, 5.74) is 3.15. The molecule has 2 aromatic heterocycles. The lowest BCUT2D eigenvalue weighted by atomic mass is 10.3. The van der Waals surface area contributed by atoms with Gasteiger partial charge in [-0.3, -0.25) is 4.79 Å². The van der Waals surface area contributed by atoms with Crippen molar-refractivity contribution >= 4 is 11.6 Å². The Bertz CT molecular complexity index is 516. The molecule has 2 heterocycles. The van der Waals surface area contributed by atoms with Gasteiger partial charge in [-0.2, -0.15) is 0 Å². The van der Waals surface area contributed by atoms with Crippen LogP contribution in [-0.2, 0) is 11.2 Å². The zero-order chi connectivity index (χ0) is 11.5. The number of aryl methyl sites for hydroxylation is 1. The van der Waals surface area contributed by atoms with Gasteiger partial charge in [-0.05, 0) is 18.6 Å². The highest BCUT2D eigenvalue weighted by molar-refractivity contribution is 5.72. The number of hydrogen-bond donors (Lipinski definition) is 1. The number of rotatable bonds is 3. The third-order valence-electron chi connectivity index (χ3n) is 2.48. The van der Waals surface area contributed by atoms with Gasteiger partial charge in [-0.15, -0.1) is 0 Å². The molecular formula is C12H15N3O. The van der Waals surface area contributed by atoms with Crippen LogP contribution in [0, 0.1) is 6.92 Å². The Hall–Kier alpha value is -1.84. The third-order valence-corrected chi connectivity index (χ3v) is 2.48. The molecule has 4 heteroatoms. The first kappa shape index (κ1) is 10.7. The predicted octanol–water partition coefficient (Wildman–Crippen LogP) is 1.32. The summed E-state index contributed by atoms with van der Waals surface area (Å²) >= 11 is 0. The molecule has 0 spiro atoms. The highest BCUT2D eigenvalue weighted by atomic mass is 16.1. The van der Waals surface area contributed by atoms with Crippen molar-refractivity contribution in [1.82, 2.24) is 14.7 Å². The van der Waals surface area contributed by atoms with Gasteiger partial charge in [0.2, 0.25) is 5.91 Å². The second-order valence-corrected chi connectivity index (χ2v) is 3.89. The molecule has 1 N–H and O–H groups in total. The number of nitrogens with zero attached hydrogens (tertiary/aromatic N) is 2. The fourth-order valence-electron chi connectivity index (χ4n) is 1.69. The van der Waals surface area contributed by atoms with Crippen LogP contribution >= 0.6 is 0 Å². The molecule has 0 fully saturated rings. The number of nitrogens with one attached hydrogen (secondary N) is 1. The zero-order valence-corrected chi connectivity index (χ0v) is 9.53. The average Bonchev–Trinajstić information content (AvgIpc) is 2.61. The zero-order valence-electron chi connectivity index (χ0n) is 9.53. The van der Waals surface area contributed by atoms with E-state index in [1.54, 1.807) is 0 Å². The summed E-state index contributed by atoms with van der Waals surface area (Å²) in [6.07, 6.45) is 4.75. The first-order valence-corrected chi connectivity index (χ1v) is 5.34. The molecule has 0 saturated carbocycles. The van der Waals surface area contributed by atoms with Crippen molar-refractivity contribution in [2.24, 2.45) is 0 Å². The second-order valence-electron chi connectivity index (χ2n) is 3.89. The molecule has 0 saturated heterocycles. The van der Waals surface area contributed by atoms with E-state index in [2.05, 4.69) is 10.3 Å². The van der Waals surface area contributed by atoms with Crippen LogP contribution in [0.1, 0.15) is 18.2 Å². The molecular weight excluding hydrogens is 202 g/mol. The van der Waals surface area contributed by atoms with Crippen molar-refractivity contribution in [3.8, 4) is 0 Å². The summed E-state index contributed by atoms with van der Waals surface area (Å²) < 4.78 is 2.01. The lowest BCUT2D eigenvalue weighted by Gasteiger charge is -1.97. The fourth-order valence-corrected chi connectivity index (χ4v) is 1.69. The van der Waals surface area contributed by atoms with Crippen LogP contribution in [0.5, 0.6) is 0 Å². The van der Waals surface area contributed by atoms with Gasteiger partial charge in [0.1, 0.15) is 5.65 Å². The van der Waals surface area contributed by atoms with Crippen LogP contribution in [0.2, 0.25) is 0 Å². The molecule has 1 amide bonds. The van der Waals surface area contributed by atoms with Crippen LogP contribution in [-0.4, -0.2) is 21.8 Å². The van der Waals surface area contributed by atoms with Gasteiger partial charge in [-0.1, -0.05) is 6.07 Å². The maximum atomic E-state index is 10.7. The monoisotopic (exact) mass is 217 g/mol. The molecule has 0 bridgehead atoms. The van der Waals surface area contributed by atoms with Gasteiger partial charge in [0.05, 0.1) is 5.69 Å². The van der Waals surface area contributed by atoms with Crippen molar-refractivity contribution in [1.29, 1.82) is 0 Å². The van der Waals surface area contributed by atoms with Gasteiger partial charge in [0.15, 0.2) is 0 Å². The van der Waals surface area contributed by atoms with E-state index in [-0.39, 0.29) is 5.91 Å². The van der Waals surface area contributed by atoms with Crippen molar-refractivity contribution in [3.63, 3.8) is 0 Å². The number of amides is 1. The van der Waals surface area contributed by atoms with Crippen molar-refractivity contribution in [2.75, 3.05) is 6.54 Å². The molecule has 0 aromatic carbocycles. The summed E-state index contributed by atoms with van der Waals surface area (Å²) in [5.74, 6) is -0.0000512. The number of imidazole rings is 1. The quantitative estimate of drug-likeness (QED) is 0.842. The van der Waals surface area contributed by atoms with E-state index in [0.717, 1.165) is 23.3 Å². The third kappa shape index (κ3) is 2.21. The lowest BCUT2D eigenvalue weighted by molar-refractivity contribution is -0.118. The van der Waals surface area contributed by atoms with E-state index in [4.69, 9.17) is 0 Å². The minimum atomic E-state index is -0.0000512. The molecule has 2 aromatic rings. The molecule has 0 radical (unpaired) electrons. The molecule has 4 nitrogen and oxygen atoms in total. The topological polar surface area (TPSA) is 46.4 Å². The first-order chi connectivity index (χ1) is 7.66. The number of hydrogen-bond acceptors (Lipinski definition) is 2. The first-order valence-electron chi connectivity index (χ1n) is 5.34. The smallest absolute Gasteiger partial charge is 0.216 e. The molecule has 0 atom stereocenters. The predicted molar refractivity (Wildman–Crippen MR) is 62.3 cm³/mol. The van der Waals surface area contributed by atoms with Gasteiger partial charge < -0.3 is 9.72 Å². The highest BCUT2D eigenvalue weighted by Crippen LogP contribution is 2.09. The van der Waals surface area contributed by atoms with E-state index in [9.17, 15) is 4.79 Å². The molecule has 16 heavy (non-hydrogen) atoms. The average molecular weight is 217 g/mol. The number of fused-ring (bicyclic) bond motifs is 1. The summed E-state index contributed by atoms with van der Waals surface area (Å²) in [6, 6.07) is 4.04. The van der Waals surface area contributed by atoms with Crippen molar-refractivity contribution in [2.45, 2.75) is 20.3 Å². The van der Waals surface area contributed by atoms with Crippen LogP contribution in [0.15, 0.2) is 24.5 Å². The van der Waals surface area contributed by atoms with E-state index < -0.39 is 0 Å². The largest absolute Gasteiger partial charge is 0.356 e. The van der Waals surface area contributed by atoms with Crippen LogP contribution < -0.4 is 5.32 Å². The Kier molecular flexibility index (Phi) is 2.90. The second kappa shape index (κ2) is 4.35. The van der Waals surface area contributed by atoms with E-state index in [1.807, 2.05) is 35.9 Å². The SMILES string of the molecule is CC(=O)NCCc1cn2cccc(C)c2n1. The van der Waals surface area contributed by atoms with E-state index in [0.29, 0.717) is 6.54 Å².